The zero-order chi connectivity index (χ0) is 12.4. The van der Waals surface area contributed by atoms with Crippen molar-refractivity contribution in [2.75, 3.05) is 0 Å². The van der Waals surface area contributed by atoms with Gasteiger partial charge in [0.05, 0.1) is 0 Å². The van der Waals surface area contributed by atoms with Crippen LogP contribution in [-0.4, -0.2) is 11.3 Å². The van der Waals surface area contributed by atoms with E-state index in [0.29, 0.717) is 21.9 Å². The van der Waals surface area contributed by atoms with Crippen molar-refractivity contribution < 1.29 is 9.18 Å². The molecule has 1 aromatic carbocycles. The third kappa shape index (κ3) is 2.62. The van der Waals surface area contributed by atoms with Gasteiger partial charge in [-0.2, -0.15) is 4.39 Å². The van der Waals surface area contributed by atoms with Crippen LogP contribution in [0.25, 0.3) is 11.1 Å². The zero-order valence-electron chi connectivity index (χ0n) is 8.45. The van der Waals surface area contributed by atoms with E-state index in [2.05, 4.69) is 4.98 Å². The molecule has 1 aromatic heterocycles. The minimum Gasteiger partial charge on any atom is -0.298 e. The molecule has 0 atom stereocenters. The molecule has 0 radical (unpaired) electrons. The van der Waals surface area contributed by atoms with Crippen molar-refractivity contribution in [1.82, 2.24) is 4.98 Å². The minimum absolute atomic E-state index is 0.194. The number of rotatable bonds is 2. The molecule has 0 saturated heterocycles. The fourth-order valence-corrected chi connectivity index (χ4v) is 1.97. The molecule has 0 fully saturated rings. The number of pyridine rings is 1. The fraction of sp³-hybridized carbons (Fsp3) is 0. The zero-order valence-corrected chi connectivity index (χ0v) is 9.97. The molecule has 0 aliphatic heterocycles. The summed E-state index contributed by atoms with van der Waals surface area (Å²) in [7, 11) is 0. The molecule has 0 aliphatic carbocycles. The molecular formula is C12H6Cl2FNO. The van der Waals surface area contributed by atoms with Gasteiger partial charge in [0.15, 0.2) is 6.29 Å². The highest BCUT2D eigenvalue weighted by molar-refractivity contribution is 6.35. The fourth-order valence-electron chi connectivity index (χ4n) is 1.44. The summed E-state index contributed by atoms with van der Waals surface area (Å²) >= 11 is 11.7. The Hall–Kier alpha value is -1.45. The Labute approximate surface area is 107 Å². The summed E-state index contributed by atoms with van der Waals surface area (Å²) in [5.74, 6) is -0.672. The summed E-state index contributed by atoms with van der Waals surface area (Å²) in [4.78, 5) is 14.1. The van der Waals surface area contributed by atoms with Crippen LogP contribution in [-0.2, 0) is 0 Å². The number of benzene rings is 1. The van der Waals surface area contributed by atoms with E-state index in [-0.39, 0.29) is 11.1 Å². The SMILES string of the molecule is O=Cc1cnc(F)c(-c2cc(Cl)cc(Cl)c2)c1. The van der Waals surface area contributed by atoms with Crippen molar-refractivity contribution in [1.29, 1.82) is 0 Å². The summed E-state index contributed by atoms with van der Waals surface area (Å²) in [6.45, 7) is 0. The van der Waals surface area contributed by atoms with Crippen molar-refractivity contribution >= 4 is 29.5 Å². The summed E-state index contributed by atoms with van der Waals surface area (Å²) in [5.41, 5.74) is 0.965. The van der Waals surface area contributed by atoms with Crippen LogP contribution in [0.3, 0.4) is 0 Å². The number of nitrogens with zero attached hydrogens (tertiary/aromatic N) is 1. The van der Waals surface area contributed by atoms with Gasteiger partial charge in [-0.15, -0.1) is 0 Å². The standard InChI is InChI=1S/C12H6Cl2FNO/c13-9-2-8(3-10(14)4-9)11-1-7(6-17)5-16-12(11)15/h1-6H. The Morgan fingerprint density at radius 3 is 2.35 bits per heavy atom. The normalized spacial score (nSPS) is 10.3. The molecule has 2 nitrogen and oxygen atoms in total. The van der Waals surface area contributed by atoms with Crippen molar-refractivity contribution in [2.24, 2.45) is 0 Å². The van der Waals surface area contributed by atoms with Crippen LogP contribution in [0.2, 0.25) is 10.0 Å². The van der Waals surface area contributed by atoms with Crippen molar-refractivity contribution in [3.8, 4) is 11.1 Å². The van der Waals surface area contributed by atoms with E-state index in [4.69, 9.17) is 23.2 Å². The molecule has 0 N–H and O–H groups in total. The molecular weight excluding hydrogens is 264 g/mol. The summed E-state index contributed by atoms with van der Waals surface area (Å²) in [5, 5.41) is 0.784. The number of carbonyl (C=O) groups is 1. The van der Waals surface area contributed by atoms with E-state index < -0.39 is 5.95 Å². The molecule has 0 saturated carbocycles. The van der Waals surface area contributed by atoms with Gasteiger partial charge in [0.1, 0.15) is 0 Å². The molecule has 17 heavy (non-hydrogen) atoms. The third-order valence-electron chi connectivity index (χ3n) is 2.17. The van der Waals surface area contributed by atoms with Crippen molar-refractivity contribution in [3.05, 3.63) is 52.0 Å². The average molecular weight is 270 g/mol. The first-order valence-electron chi connectivity index (χ1n) is 4.67. The lowest BCUT2D eigenvalue weighted by atomic mass is 10.1. The third-order valence-corrected chi connectivity index (χ3v) is 2.61. The number of carbonyl (C=O) groups excluding carboxylic acids is 1. The van der Waals surface area contributed by atoms with E-state index in [1.165, 1.54) is 6.07 Å². The number of aromatic nitrogens is 1. The largest absolute Gasteiger partial charge is 0.298 e. The first kappa shape index (κ1) is 12.0. The second-order valence-electron chi connectivity index (χ2n) is 3.38. The second kappa shape index (κ2) is 4.82. The number of hydrogen-bond acceptors (Lipinski definition) is 2. The van der Waals surface area contributed by atoms with Crippen LogP contribution in [0.15, 0.2) is 30.5 Å². The van der Waals surface area contributed by atoms with Crippen molar-refractivity contribution in [3.63, 3.8) is 0 Å². The Balaban J connectivity index is 2.62. The molecule has 86 valence electrons. The van der Waals surface area contributed by atoms with Gasteiger partial charge >= 0.3 is 0 Å². The first-order chi connectivity index (χ1) is 8.10. The molecule has 0 amide bonds. The number of hydrogen-bond donors (Lipinski definition) is 0. The van der Waals surface area contributed by atoms with Crippen LogP contribution in [0, 0.1) is 5.95 Å². The lowest BCUT2D eigenvalue weighted by Crippen LogP contribution is -1.92. The maximum atomic E-state index is 13.5. The molecule has 2 rings (SSSR count). The van der Waals surface area contributed by atoms with Gasteiger partial charge in [-0.25, -0.2) is 4.98 Å². The maximum Gasteiger partial charge on any atom is 0.220 e. The highest BCUT2D eigenvalue weighted by atomic mass is 35.5. The van der Waals surface area contributed by atoms with Crippen LogP contribution < -0.4 is 0 Å². The van der Waals surface area contributed by atoms with Gasteiger partial charge in [-0.3, -0.25) is 4.79 Å². The Bertz CT molecular complexity index is 566. The number of aldehydes is 1. The monoisotopic (exact) mass is 269 g/mol. The molecule has 0 aliphatic rings. The Morgan fingerprint density at radius 1 is 1.12 bits per heavy atom. The van der Waals surface area contributed by atoms with Gasteiger partial charge in [-0.05, 0) is 29.8 Å². The lowest BCUT2D eigenvalue weighted by Gasteiger charge is -2.05. The molecule has 2 aromatic rings. The van der Waals surface area contributed by atoms with Crippen molar-refractivity contribution in [2.45, 2.75) is 0 Å². The van der Waals surface area contributed by atoms with E-state index in [1.54, 1.807) is 18.2 Å². The Morgan fingerprint density at radius 2 is 1.76 bits per heavy atom. The molecule has 1 heterocycles. The van der Waals surface area contributed by atoms with Crippen LogP contribution in [0.4, 0.5) is 4.39 Å². The van der Waals surface area contributed by atoms with Gasteiger partial charge in [0.25, 0.3) is 0 Å². The highest BCUT2D eigenvalue weighted by Crippen LogP contribution is 2.28. The van der Waals surface area contributed by atoms with E-state index >= 15 is 0 Å². The predicted octanol–water partition coefficient (Wildman–Crippen LogP) is 4.01. The smallest absolute Gasteiger partial charge is 0.220 e. The van der Waals surface area contributed by atoms with Crippen LogP contribution in [0.1, 0.15) is 10.4 Å². The summed E-state index contributed by atoms with van der Waals surface area (Å²) < 4.78 is 13.5. The topological polar surface area (TPSA) is 30.0 Å². The van der Waals surface area contributed by atoms with Gasteiger partial charge in [-0.1, -0.05) is 23.2 Å². The molecule has 0 bridgehead atoms. The highest BCUT2D eigenvalue weighted by Gasteiger charge is 2.09. The number of halogens is 3. The maximum absolute atomic E-state index is 13.5. The lowest BCUT2D eigenvalue weighted by molar-refractivity contribution is 0.112. The molecule has 5 heteroatoms. The van der Waals surface area contributed by atoms with Gasteiger partial charge in [0, 0.05) is 27.4 Å². The molecule has 0 spiro atoms. The van der Waals surface area contributed by atoms with Gasteiger partial charge in [0.2, 0.25) is 5.95 Å². The average Bonchev–Trinajstić information content (AvgIpc) is 2.28. The predicted molar refractivity (Wildman–Crippen MR) is 65.0 cm³/mol. The first-order valence-corrected chi connectivity index (χ1v) is 5.43. The van der Waals surface area contributed by atoms with Gasteiger partial charge < -0.3 is 0 Å². The Kier molecular flexibility index (Phi) is 3.41. The van der Waals surface area contributed by atoms with Crippen LogP contribution >= 0.6 is 23.2 Å². The van der Waals surface area contributed by atoms with E-state index in [0.717, 1.165) is 6.20 Å². The van der Waals surface area contributed by atoms with E-state index in [1.807, 2.05) is 0 Å². The van der Waals surface area contributed by atoms with Crippen LogP contribution in [0.5, 0.6) is 0 Å². The summed E-state index contributed by atoms with van der Waals surface area (Å²) in [6, 6.07) is 6.06. The van der Waals surface area contributed by atoms with E-state index in [9.17, 15) is 9.18 Å². The second-order valence-corrected chi connectivity index (χ2v) is 4.26. The quantitative estimate of drug-likeness (QED) is 0.609. The minimum atomic E-state index is -0.672. The molecule has 0 unspecified atom stereocenters. The summed E-state index contributed by atoms with van der Waals surface area (Å²) in [6.07, 6.45) is 1.76.